The molecule has 0 aliphatic rings. The van der Waals surface area contributed by atoms with Gasteiger partial charge >= 0.3 is 0 Å². The lowest BCUT2D eigenvalue weighted by molar-refractivity contribution is 0.141. The van der Waals surface area contributed by atoms with E-state index >= 15 is 0 Å². The summed E-state index contributed by atoms with van der Waals surface area (Å²) in [5, 5.41) is 5.32. The van der Waals surface area contributed by atoms with E-state index in [1.807, 2.05) is 11.4 Å². The van der Waals surface area contributed by atoms with Crippen molar-refractivity contribution in [1.82, 2.24) is 9.97 Å². The van der Waals surface area contributed by atoms with Gasteiger partial charge < -0.3 is 10.1 Å². The maximum Gasteiger partial charge on any atom is 0.147 e. The number of ether oxygens (including phenoxy) is 1. The van der Waals surface area contributed by atoms with E-state index in [0.29, 0.717) is 0 Å². The Labute approximate surface area is 105 Å². The van der Waals surface area contributed by atoms with Crippen LogP contribution in [0.1, 0.15) is 19.8 Å². The fraction of sp³-hybridized carbons (Fsp3) is 0.500. The molecule has 2 aromatic rings. The average Bonchev–Trinajstić information content (AvgIpc) is 2.82. The molecule has 0 atom stereocenters. The van der Waals surface area contributed by atoms with Crippen LogP contribution < -0.4 is 5.32 Å². The first kappa shape index (κ1) is 12.3. The molecule has 92 valence electrons. The van der Waals surface area contributed by atoms with Crippen molar-refractivity contribution in [2.75, 3.05) is 25.1 Å². The normalized spacial score (nSPS) is 10.9. The molecule has 0 aliphatic carbocycles. The summed E-state index contributed by atoms with van der Waals surface area (Å²) in [6, 6.07) is 2.00. The van der Waals surface area contributed by atoms with Crippen LogP contribution in [0.4, 0.5) is 5.82 Å². The third-order valence-electron chi connectivity index (χ3n) is 2.42. The number of unbranched alkanes of at least 4 members (excludes halogenated alkanes) is 1. The van der Waals surface area contributed by atoms with Crippen molar-refractivity contribution in [3.8, 4) is 0 Å². The molecule has 0 spiro atoms. The summed E-state index contributed by atoms with van der Waals surface area (Å²) in [5.41, 5.74) is 0.999. The molecular formula is C12H17N3OS. The number of rotatable bonds is 7. The van der Waals surface area contributed by atoms with Crippen molar-refractivity contribution >= 4 is 27.4 Å². The van der Waals surface area contributed by atoms with Crippen LogP contribution in [0, 0.1) is 0 Å². The van der Waals surface area contributed by atoms with Crippen molar-refractivity contribution in [2.45, 2.75) is 19.8 Å². The first-order valence-corrected chi connectivity index (χ1v) is 6.79. The lowest BCUT2D eigenvalue weighted by Crippen LogP contribution is -2.11. The molecule has 0 amide bonds. The van der Waals surface area contributed by atoms with Crippen LogP contribution in [0.2, 0.25) is 0 Å². The van der Waals surface area contributed by atoms with Gasteiger partial charge in [0, 0.05) is 13.2 Å². The number of nitrogens with zero attached hydrogens (tertiary/aromatic N) is 2. The van der Waals surface area contributed by atoms with E-state index in [1.54, 1.807) is 17.7 Å². The van der Waals surface area contributed by atoms with Crippen LogP contribution in [0.5, 0.6) is 0 Å². The van der Waals surface area contributed by atoms with Crippen LogP contribution in [0.25, 0.3) is 10.2 Å². The van der Waals surface area contributed by atoms with Gasteiger partial charge in [-0.2, -0.15) is 0 Å². The SMILES string of the molecule is CCCCOCCNc1ncnc2ccsc12. The number of hydrogen-bond donors (Lipinski definition) is 1. The largest absolute Gasteiger partial charge is 0.380 e. The van der Waals surface area contributed by atoms with E-state index in [0.717, 1.165) is 42.2 Å². The second-order valence-corrected chi connectivity index (χ2v) is 4.67. The maximum absolute atomic E-state index is 5.49. The minimum Gasteiger partial charge on any atom is -0.380 e. The fourth-order valence-electron chi connectivity index (χ4n) is 1.50. The zero-order chi connectivity index (χ0) is 11.9. The van der Waals surface area contributed by atoms with E-state index in [1.165, 1.54) is 6.42 Å². The molecule has 2 aromatic heterocycles. The molecule has 17 heavy (non-hydrogen) atoms. The van der Waals surface area contributed by atoms with E-state index in [4.69, 9.17) is 4.74 Å². The Morgan fingerprint density at radius 3 is 3.18 bits per heavy atom. The lowest BCUT2D eigenvalue weighted by atomic mass is 10.4. The number of anilines is 1. The third-order valence-corrected chi connectivity index (χ3v) is 3.33. The van der Waals surface area contributed by atoms with Crippen LogP contribution in [-0.2, 0) is 4.74 Å². The van der Waals surface area contributed by atoms with Crippen molar-refractivity contribution in [3.05, 3.63) is 17.8 Å². The van der Waals surface area contributed by atoms with Gasteiger partial charge in [-0.15, -0.1) is 11.3 Å². The zero-order valence-electron chi connectivity index (χ0n) is 9.98. The Balaban J connectivity index is 1.80. The van der Waals surface area contributed by atoms with Crippen molar-refractivity contribution in [3.63, 3.8) is 0 Å². The smallest absolute Gasteiger partial charge is 0.147 e. The number of thiophene rings is 1. The highest BCUT2D eigenvalue weighted by Gasteiger charge is 2.03. The van der Waals surface area contributed by atoms with Crippen LogP contribution in [0.15, 0.2) is 17.8 Å². The lowest BCUT2D eigenvalue weighted by Gasteiger charge is -2.06. The van der Waals surface area contributed by atoms with Gasteiger partial charge in [-0.3, -0.25) is 0 Å². The zero-order valence-corrected chi connectivity index (χ0v) is 10.8. The monoisotopic (exact) mass is 251 g/mol. The van der Waals surface area contributed by atoms with Crippen molar-refractivity contribution in [2.24, 2.45) is 0 Å². The van der Waals surface area contributed by atoms with Crippen LogP contribution >= 0.6 is 11.3 Å². The Morgan fingerprint density at radius 1 is 1.35 bits per heavy atom. The summed E-state index contributed by atoms with van der Waals surface area (Å²) < 4.78 is 6.60. The van der Waals surface area contributed by atoms with E-state index in [2.05, 4.69) is 22.2 Å². The molecule has 0 bridgehead atoms. The third kappa shape index (κ3) is 3.38. The molecule has 0 saturated carbocycles. The van der Waals surface area contributed by atoms with Gasteiger partial charge in [0.15, 0.2) is 0 Å². The second kappa shape index (κ2) is 6.51. The van der Waals surface area contributed by atoms with Gasteiger partial charge in [0.25, 0.3) is 0 Å². The summed E-state index contributed by atoms with van der Waals surface area (Å²) in [6.07, 6.45) is 3.90. The molecule has 0 aromatic carbocycles. The number of fused-ring (bicyclic) bond motifs is 1. The summed E-state index contributed by atoms with van der Waals surface area (Å²) in [5.74, 6) is 0.907. The number of hydrogen-bond acceptors (Lipinski definition) is 5. The topological polar surface area (TPSA) is 47.0 Å². The van der Waals surface area contributed by atoms with Gasteiger partial charge in [-0.25, -0.2) is 9.97 Å². The van der Waals surface area contributed by atoms with E-state index in [9.17, 15) is 0 Å². The average molecular weight is 251 g/mol. The van der Waals surface area contributed by atoms with Crippen LogP contribution in [-0.4, -0.2) is 29.7 Å². The molecule has 1 N–H and O–H groups in total. The molecule has 0 fully saturated rings. The fourth-order valence-corrected chi connectivity index (χ4v) is 2.32. The Bertz CT molecular complexity index is 458. The van der Waals surface area contributed by atoms with Gasteiger partial charge in [-0.1, -0.05) is 13.3 Å². The standard InChI is InChI=1S/C12H17N3OS/c1-2-3-6-16-7-5-13-12-11-10(4-8-17-11)14-9-15-12/h4,8-9H,2-3,5-7H2,1H3,(H,13,14,15). The van der Waals surface area contributed by atoms with E-state index < -0.39 is 0 Å². The first-order valence-electron chi connectivity index (χ1n) is 5.91. The predicted octanol–water partition coefficient (Wildman–Crippen LogP) is 2.92. The molecule has 0 radical (unpaired) electrons. The highest BCUT2D eigenvalue weighted by Crippen LogP contribution is 2.24. The second-order valence-electron chi connectivity index (χ2n) is 3.75. The highest BCUT2D eigenvalue weighted by atomic mass is 32.1. The van der Waals surface area contributed by atoms with Gasteiger partial charge in [0.1, 0.15) is 12.1 Å². The Morgan fingerprint density at radius 2 is 2.29 bits per heavy atom. The van der Waals surface area contributed by atoms with Gasteiger partial charge in [0.05, 0.1) is 16.8 Å². The summed E-state index contributed by atoms with van der Waals surface area (Å²) >= 11 is 1.66. The van der Waals surface area contributed by atoms with Gasteiger partial charge in [0.2, 0.25) is 0 Å². The number of aromatic nitrogens is 2. The molecule has 2 rings (SSSR count). The maximum atomic E-state index is 5.49. The molecule has 0 saturated heterocycles. The molecule has 4 nitrogen and oxygen atoms in total. The summed E-state index contributed by atoms with van der Waals surface area (Å²) in [6.45, 7) is 4.51. The Kier molecular flexibility index (Phi) is 4.70. The number of nitrogens with one attached hydrogen (secondary N) is 1. The summed E-state index contributed by atoms with van der Waals surface area (Å²) in [4.78, 5) is 8.44. The summed E-state index contributed by atoms with van der Waals surface area (Å²) in [7, 11) is 0. The molecule has 2 heterocycles. The molecule has 0 aliphatic heterocycles. The van der Waals surface area contributed by atoms with Gasteiger partial charge in [-0.05, 0) is 17.9 Å². The van der Waals surface area contributed by atoms with Crippen LogP contribution in [0.3, 0.4) is 0 Å². The predicted molar refractivity (Wildman–Crippen MR) is 71.6 cm³/mol. The minimum absolute atomic E-state index is 0.719. The minimum atomic E-state index is 0.719. The molecule has 0 unspecified atom stereocenters. The van der Waals surface area contributed by atoms with Crippen molar-refractivity contribution in [1.29, 1.82) is 0 Å². The first-order chi connectivity index (χ1) is 8.42. The molecular weight excluding hydrogens is 234 g/mol. The van der Waals surface area contributed by atoms with E-state index in [-0.39, 0.29) is 0 Å². The Hall–Kier alpha value is -1.20. The molecule has 5 heteroatoms. The van der Waals surface area contributed by atoms with Crippen molar-refractivity contribution < 1.29 is 4.74 Å². The quantitative estimate of drug-likeness (QED) is 0.769. The highest BCUT2D eigenvalue weighted by molar-refractivity contribution is 7.17.